The number of nitrogens with zero attached hydrogens (tertiary/aromatic N) is 2. The second-order valence-electron chi connectivity index (χ2n) is 10.4. The first kappa shape index (κ1) is 31.4. The quantitative estimate of drug-likeness (QED) is 0.279. The maximum Gasteiger partial charge on any atom is 0.264 e. The zero-order valence-electron chi connectivity index (χ0n) is 24.0. The maximum atomic E-state index is 14.2. The van der Waals surface area contributed by atoms with E-state index < -0.39 is 28.5 Å². The molecule has 1 N–H and O–H groups in total. The average molecular weight is 612 g/mol. The van der Waals surface area contributed by atoms with Gasteiger partial charge in [-0.15, -0.1) is 0 Å². The summed E-state index contributed by atoms with van der Waals surface area (Å²) in [6.45, 7) is 1.47. The van der Waals surface area contributed by atoms with Crippen LogP contribution >= 0.6 is 11.6 Å². The Kier molecular flexibility index (Phi) is 10.9. The van der Waals surface area contributed by atoms with Crippen molar-refractivity contribution in [3.8, 4) is 5.75 Å². The Morgan fingerprint density at radius 3 is 2.31 bits per heavy atom. The second kappa shape index (κ2) is 14.6. The smallest absolute Gasteiger partial charge is 0.264 e. The molecule has 4 rings (SSSR count). The molecule has 224 valence electrons. The van der Waals surface area contributed by atoms with E-state index in [2.05, 4.69) is 5.32 Å². The number of sulfonamides is 1. The Morgan fingerprint density at radius 2 is 1.67 bits per heavy atom. The van der Waals surface area contributed by atoms with Gasteiger partial charge in [-0.3, -0.25) is 13.9 Å². The third-order valence-corrected chi connectivity index (χ3v) is 9.59. The van der Waals surface area contributed by atoms with Crippen LogP contribution in [0.4, 0.5) is 5.69 Å². The van der Waals surface area contributed by atoms with Crippen molar-refractivity contribution in [2.45, 2.75) is 69.0 Å². The number of para-hydroxylation sites is 1. The molecule has 1 saturated carbocycles. The Labute approximate surface area is 253 Å². The molecule has 0 heterocycles. The fourth-order valence-corrected chi connectivity index (χ4v) is 6.83. The maximum absolute atomic E-state index is 14.2. The van der Waals surface area contributed by atoms with E-state index in [1.54, 1.807) is 43.5 Å². The summed E-state index contributed by atoms with van der Waals surface area (Å²) in [5, 5.41) is 3.56. The molecule has 8 nitrogen and oxygen atoms in total. The third kappa shape index (κ3) is 7.83. The van der Waals surface area contributed by atoms with Crippen LogP contribution in [0.5, 0.6) is 5.75 Å². The van der Waals surface area contributed by atoms with Crippen molar-refractivity contribution < 1.29 is 22.7 Å². The monoisotopic (exact) mass is 611 g/mol. The fourth-order valence-electron chi connectivity index (χ4n) is 5.29. The van der Waals surface area contributed by atoms with Crippen molar-refractivity contribution in [3.63, 3.8) is 0 Å². The van der Waals surface area contributed by atoms with Crippen LogP contribution in [-0.4, -0.2) is 50.9 Å². The summed E-state index contributed by atoms with van der Waals surface area (Å²) in [7, 11) is -2.59. The molecule has 0 aromatic heterocycles. The highest BCUT2D eigenvalue weighted by Crippen LogP contribution is 2.26. The molecule has 2 amide bonds. The molecule has 3 aromatic rings. The highest BCUT2D eigenvalue weighted by molar-refractivity contribution is 7.92. The van der Waals surface area contributed by atoms with E-state index in [1.165, 1.54) is 29.2 Å². The summed E-state index contributed by atoms with van der Waals surface area (Å²) in [5.74, 6) is -0.104. The first-order valence-electron chi connectivity index (χ1n) is 14.3. The number of rotatable bonds is 12. The summed E-state index contributed by atoms with van der Waals surface area (Å²) in [5.41, 5.74) is 1.10. The number of hydrogen-bond acceptors (Lipinski definition) is 5. The van der Waals surface area contributed by atoms with Crippen LogP contribution in [0.2, 0.25) is 5.02 Å². The van der Waals surface area contributed by atoms with Gasteiger partial charge < -0.3 is 15.0 Å². The van der Waals surface area contributed by atoms with Crippen LogP contribution in [0, 0.1) is 0 Å². The van der Waals surface area contributed by atoms with E-state index in [0.29, 0.717) is 22.9 Å². The van der Waals surface area contributed by atoms with E-state index in [4.69, 9.17) is 16.3 Å². The number of ether oxygens (including phenoxy) is 1. The van der Waals surface area contributed by atoms with Crippen molar-refractivity contribution in [2.75, 3.05) is 18.0 Å². The lowest BCUT2D eigenvalue weighted by molar-refractivity contribution is -0.140. The summed E-state index contributed by atoms with van der Waals surface area (Å²) < 4.78 is 34.3. The van der Waals surface area contributed by atoms with Crippen LogP contribution in [0.1, 0.15) is 51.0 Å². The SMILES string of the molecule is CC[C@H](C(=O)NC1CCCCC1)N(Cc1cccc(OC)c1)C(=O)CN(c1ccccc1)S(=O)(=O)c1ccc(Cl)cc1. The minimum Gasteiger partial charge on any atom is -0.497 e. The Hall–Kier alpha value is -3.56. The molecule has 0 aliphatic heterocycles. The Morgan fingerprint density at radius 1 is 0.976 bits per heavy atom. The van der Waals surface area contributed by atoms with Crippen LogP contribution in [0.15, 0.2) is 83.8 Å². The molecular formula is C32H38ClN3O5S. The van der Waals surface area contributed by atoms with E-state index in [0.717, 1.165) is 42.0 Å². The first-order chi connectivity index (χ1) is 20.2. The van der Waals surface area contributed by atoms with Crippen LogP contribution < -0.4 is 14.4 Å². The van der Waals surface area contributed by atoms with Gasteiger partial charge in [-0.05, 0) is 73.4 Å². The van der Waals surface area contributed by atoms with Crippen molar-refractivity contribution in [1.82, 2.24) is 10.2 Å². The normalized spacial score (nSPS) is 14.5. The lowest BCUT2D eigenvalue weighted by Crippen LogP contribution is -2.54. The van der Waals surface area contributed by atoms with Crippen molar-refractivity contribution >= 4 is 39.1 Å². The average Bonchev–Trinajstić information content (AvgIpc) is 3.00. The van der Waals surface area contributed by atoms with Gasteiger partial charge in [-0.1, -0.05) is 68.1 Å². The lowest BCUT2D eigenvalue weighted by Gasteiger charge is -2.34. The van der Waals surface area contributed by atoms with E-state index in [9.17, 15) is 18.0 Å². The first-order valence-corrected chi connectivity index (χ1v) is 16.1. The summed E-state index contributed by atoms with van der Waals surface area (Å²) in [6, 6.07) is 20.9. The molecule has 1 aliphatic carbocycles. The van der Waals surface area contributed by atoms with Gasteiger partial charge in [-0.2, -0.15) is 0 Å². The topological polar surface area (TPSA) is 96.0 Å². The minimum absolute atomic E-state index is 0.00461. The van der Waals surface area contributed by atoms with Gasteiger partial charge in [0.2, 0.25) is 11.8 Å². The number of anilines is 1. The second-order valence-corrected chi connectivity index (χ2v) is 12.7. The van der Waals surface area contributed by atoms with Crippen LogP contribution in [0.25, 0.3) is 0 Å². The predicted molar refractivity (Wildman–Crippen MR) is 165 cm³/mol. The molecule has 0 radical (unpaired) electrons. The van der Waals surface area contributed by atoms with Gasteiger partial charge in [0.05, 0.1) is 17.7 Å². The standard InChI is InChI=1S/C32H38ClN3O5S/c1-3-30(32(38)34-26-12-6-4-7-13-26)35(22-24-11-10-16-28(21-24)41-2)31(37)23-36(27-14-8-5-9-15-27)42(39,40)29-19-17-25(33)18-20-29/h5,8-11,14-21,26,30H,3-4,6-7,12-13,22-23H2,1-2H3,(H,34,38)/t30-/m1/s1. The van der Waals surface area contributed by atoms with E-state index in [1.807, 2.05) is 25.1 Å². The van der Waals surface area contributed by atoms with Gasteiger partial charge >= 0.3 is 0 Å². The summed E-state index contributed by atoms with van der Waals surface area (Å²) in [4.78, 5) is 29.3. The van der Waals surface area contributed by atoms with Gasteiger partial charge in [0.1, 0.15) is 18.3 Å². The summed E-state index contributed by atoms with van der Waals surface area (Å²) in [6.07, 6.45) is 5.46. The van der Waals surface area contributed by atoms with Gasteiger partial charge in [0.25, 0.3) is 10.0 Å². The largest absolute Gasteiger partial charge is 0.497 e. The predicted octanol–water partition coefficient (Wildman–Crippen LogP) is 5.80. The Bertz CT molecular complexity index is 1440. The number of amides is 2. The van der Waals surface area contributed by atoms with Gasteiger partial charge in [0, 0.05) is 17.6 Å². The number of carbonyl (C=O) groups is 2. The molecule has 1 atom stereocenters. The van der Waals surface area contributed by atoms with Gasteiger partial charge in [0.15, 0.2) is 0 Å². The van der Waals surface area contributed by atoms with Crippen molar-refractivity contribution in [3.05, 3.63) is 89.4 Å². The zero-order chi connectivity index (χ0) is 30.1. The molecular weight excluding hydrogens is 574 g/mol. The molecule has 42 heavy (non-hydrogen) atoms. The number of methoxy groups -OCH3 is 1. The van der Waals surface area contributed by atoms with Gasteiger partial charge in [-0.25, -0.2) is 8.42 Å². The third-order valence-electron chi connectivity index (χ3n) is 7.55. The molecule has 1 fully saturated rings. The molecule has 10 heteroatoms. The van der Waals surface area contributed by atoms with E-state index in [-0.39, 0.29) is 23.4 Å². The molecule has 0 bridgehead atoms. The highest BCUT2D eigenvalue weighted by atomic mass is 35.5. The summed E-state index contributed by atoms with van der Waals surface area (Å²) >= 11 is 6.02. The molecule has 0 unspecified atom stereocenters. The Balaban J connectivity index is 1.69. The van der Waals surface area contributed by atoms with Crippen LogP contribution in [0.3, 0.4) is 0 Å². The van der Waals surface area contributed by atoms with Crippen molar-refractivity contribution in [1.29, 1.82) is 0 Å². The number of halogens is 1. The van der Waals surface area contributed by atoms with E-state index >= 15 is 0 Å². The van der Waals surface area contributed by atoms with Crippen LogP contribution in [-0.2, 0) is 26.2 Å². The highest BCUT2D eigenvalue weighted by Gasteiger charge is 2.34. The minimum atomic E-state index is -4.15. The molecule has 0 saturated heterocycles. The molecule has 1 aliphatic rings. The number of carbonyl (C=O) groups excluding carboxylic acids is 2. The number of nitrogens with one attached hydrogen (secondary N) is 1. The number of hydrogen-bond donors (Lipinski definition) is 1. The lowest BCUT2D eigenvalue weighted by atomic mass is 9.95. The fraction of sp³-hybridized carbons (Fsp3) is 0.375. The van der Waals surface area contributed by atoms with Crippen molar-refractivity contribution in [2.24, 2.45) is 0 Å². The number of benzene rings is 3. The molecule has 3 aromatic carbocycles. The molecule has 0 spiro atoms. The zero-order valence-corrected chi connectivity index (χ0v) is 25.6.